The lowest BCUT2D eigenvalue weighted by Crippen LogP contribution is -2.19. The van der Waals surface area contributed by atoms with Crippen LogP contribution in [0.25, 0.3) is 22.0 Å². The molecule has 12 heteroatoms. The molecule has 0 radical (unpaired) electrons. The molecular formula is C31H23Br2N5O5. The number of carbonyl (C=O) groups is 2. The van der Waals surface area contributed by atoms with Crippen LogP contribution in [0.3, 0.4) is 0 Å². The Morgan fingerprint density at radius 2 is 1.72 bits per heavy atom. The minimum absolute atomic E-state index is 0.126. The van der Waals surface area contributed by atoms with Crippen molar-refractivity contribution in [3.8, 4) is 16.9 Å². The van der Waals surface area contributed by atoms with Gasteiger partial charge >= 0.3 is 5.97 Å². The van der Waals surface area contributed by atoms with Gasteiger partial charge in [0.15, 0.2) is 5.75 Å². The summed E-state index contributed by atoms with van der Waals surface area (Å²) in [7, 11) is 3.91. The van der Waals surface area contributed by atoms with Gasteiger partial charge in [-0.15, -0.1) is 0 Å². The smallest absolute Gasteiger partial charge is 0.343 e. The zero-order chi connectivity index (χ0) is 30.7. The number of benzene rings is 4. The second-order valence-corrected chi connectivity index (χ2v) is 11.3. The van der Waals surface area contributed by atoms with Crippen molar-refractivity contribution >= 4 is 72.2 Å². The molecule has 0 aliphatic carbocycles. The van der Waals surface area contributed by atoms with E-state index in [-0.39, 0.29) is 17.0 Å². The molecule has 5 aromatic rings. The third-order valence-electron chi connectivity index (χ3n) is 6.50. The number of rotatable bonds is 8. The summed E-state index contributed by atoms with van der Waals surface area (Å²) in [6, 6.07) is 24.0. The number of ether oxygens (including phenoxy) is 1. The van der Waals surface area contributed by atoms with Gasteiger partial charge < -0.3 is 14.6 Å². The molecule has 0 saturated carbocycles. The average Bonchev–Trinajstić information content (AvgIpc) is 3.38. The Bertz CT molecular complexity index is 1890. The molecule has 5 rings (SSSR count). The number of aromatic amines is 1. The van der Waals surface area contributed by atoms with Crippen LogP contribution < -0.4 is 15.1 Å². The van der Waals surface area contributed by atoms with Crippen LogP contribution in [-0.2, 0) is 0 Å². The molecule has 43 heavy (non-hydrogen) atoms. The first-order valence-corrected chi connectivity index (χ1v) is 14.4. The fourth-order valence-corrected chi connectivity index (χ4v) is 5.74. The number of nitro benzene ring substituents is 1. The number of esters is 1. The summed E-state index contributed by atoms with van der Waals surface area (Å²) >= 11 is 6.82. The van der Waals surface area contributed by atoms with Gasteiger partial charge in [0, 0.05) is 58.4 Å². The highest BCUT2D eigenvalue weighted by molar-refractivity contribution is 9.11. The highest BCUT2D eigenvalue weighted by Gasteiger charge is 2.20. The zero-order valence-corrected chi connectivity index (χ0v) is 26.0. The van der Waals surface area contributed by atoms with E-state index in [9.17, 15) is 19.7 Å². The minimum Gasteiger partial charge on any atom is -0.421 e. The van der Waals surface area contributed by atoms with Crippen LogP contribution in [0.1, 0.15) is 26.4 Å². The molecule has 1 aromatic heterocycles. The van der Waals surface area contributed by atoms with E-state index in [0.717, 1.165) is 27.7 Å². The maximum absolute atomic E-state index is 13.5. The third-order valence-corrected chi connectivity index (χ3v) is 7.55. The lowest BCUT2D eigenvalue weighted by molar-refractivity contribution is -0.384. The number of anilines is 1. The van der Waals surface area contributed by atoms with Crippen molar-refractivity contribution in [1.82, 2.24) is 10.4 Å². The zero-order valence-electron chi connectivity index (χ0n) is 22.8. The van der Waals surface area contributed by atoms with Gasteiger partial charge in [-0.2, -0.15) is 5.10 Å². The molecule has 0 fully saturated rings. The van der Waals surface area contributed by atoms with Gasteiger partial charge in [-0.05, 0) is 64.0 Å². The SMILES string of the molecule is CN(C)c1ccc2[nH]c(C(=O)NN=Cc3cc(Br)cc(Br)c3OC(=O)c3ccc([N+](=O)[O-])cc3)c(-c3ccccc3)c2c1. The number of hydrazone groups is 1. The summed E-state index contributed by atoms with van der Waals surface area (Å²) in [4.78, 5) is 41.9. The number of H-pyrrole nitrogens is 1. The number of carbonyl (C=O) groups excluding carboxylic acids is 2. The molecule has 0 aliphatic heterocycles. The Kier molecular flexibility index (Phi) is 8.69. The number of hydrogen-bond donors (Lipinski definition) is 2. The Morgan fingerprint density at radius 1 is 1.00 bits per heavy atom. The van der Waals surface area contributed by atoms with Crippen LogP contribution in [0.4, 0.5) is 11.4 Å². The number of aromatic nitrogens is 1. The highest BCUT2D eigenvalue weighted by atomic mass is 79.9. The molecule has 0 bridgehead atoms. The Balaban J connectivity index is 1.43. The third kappa shape index (κ3) is 6.50. The van der Waals surface area contributed by atoms with Crippen molar-refractivity contribution in [2.24, 2.45) is 5.10 Å². The van der Waals surface area contributed by atoms with Gasteiger partial charge in [0.25, 0.3) is 11.6 Å². The van der Waals surface area contributed by atoms with Crippen LogP contribution in [0.15, 0.2) is 99.0 Å². The van der Waals surface area contributed by atoms with Gasteiger partial charge in [0.2, 0.25) is 0 Å². The first-order chi connectivity index (χ1) is 20.6. The lowest BCUT2D eigenvalue weighted by Gasteiger charge is -2.12. The fraction of sp³-hybridized carbons (Fsp3) is 0.0645. The van der Waals surface area contributed by atoms with Gasteiger partial charge in [0.1, 0.15) is 5.69 Å². The summed E-state index contributed by atoms with van der Waals surface area (Å²) in [6.45, 7) is 0. The van der Waals surface area contributed by atoms with E-state index in [2.05, 4.69) is 47.4 Å². The molecule has 0 unspecified atom stereocenters. The Morgan fingerprint density at radius 3 is 2.40 bits per heavy atom. The summed E-state index contributed by atoms with van der Waals surface area (Å²) in [5.41, 5.74) is 6.69. The Hall–Kier alpha value is -4.81. The molecule has 1 heterocycles. The minimum atomic E-state index is -0.723. The van der Waals surface area contributed by atoms with Crippen molar-refractivity contribution in [1.29, 1.82) is 0 Å². The van der Waals surface area contributed by atoms with E-state index in [1.807, 2.05) is 67.5 Å². The highest BCUT2D eigenvalue weighted by Crippen LogP contribution is 2.35. The molecule has 0 aliphatic rings. The first kappa shape index (κ1) is 29.7. The summed E-state index contributed by atoms with van der Waals surface area (Å²) in [6.07, 6.45) is 1.36. The number of nitro groups is 1. The molecule has 10 nitrogen and oxygen atoms in total. The maximum Gasteiger partial charge on any atom is 0.343 e. The number of halogens is 2. The number of hydrogen-bond acceptors (Lipinski definition) is 7. The topological polar surface area (TPSA) is 130 Å². The number of non-ortho nitro benzene ring substituents is 1. The van der Waals surface area contributed by atoms with Crippen LogP contribution in [0.2, 0.25) is 0 Å². The molecule has 2 N–H and O–H groups in total. The van der Waals surface area contributed by atoms with Crippen molar-refractivity contribution in [3.63, 3.8) is 0 Å². The number of amides is 1. The average molecular weight is 705 g/mol. The largest absolute Gasteiger partial charge is 0.421 e. The van der Waals surface area contributed by atoms with Crippen LogP contribution in [0, 0.1) is 10.1 Å². The predicted octanol–water partition coefficient (Wildman–Crippen LogP) is 7.32. The first-order valence-electron chi connectivity index (χ1n) is 12.8. The van der Waals surface area contributed by atoms with Gasteiger partial charge in [-0.1, -0.05) is 46.3 Å². The maximum atomic E-state index is 13.5. The number of fused-ring (bicyclic) bond motifs is 1. The summed E-state index contributed by atoms with van der Waals surface area (Å²) in [5, 5.41) is 16.0. The van der Waals surface area contributed by atoms with Gasteiger partial charge in [-0.25, -0.2) is 10.2 Å². The lowest BCUT2D eigenvalue weighted by atomic mass is 10.0. The monoisotopic (exact) mass is 703 g/mol. The van der Waals surface area contributed by atoms with E-state index in [1.54, 1.807) is 12.1 Å². The summed E-state index contributed by atoms with van der Waals surface area (Å²) in [5.74, 6) is -1.04. The van der Waals surface area contributed by atoms with Crippen LogP contribution in [-0.4, -0.2) is 42.1 Å². The van der Waals surface area contributed by atoms with Crippen LogP contribution >= 0.6 is 31.9 Å². The molecule has 4 aromatic carbocycles. The Labute approximate surface area is 262 Å². The standard InChI is InChI=1S/C31H23Br2N5O5/c1-37(2)23-12-13-26-24(16-23)27(18-6-4-3-5-7-18)28(35-26)30(39)36-34-17-20-14-21(32)15-25(33)29(20)43-31(40)19-8-10-22(11-9-19)38(41)42/h3-17,35H,1-2H3,(H,36,39). The molecule has 0 saturated heterocycles. The molecule has 0 atom stereocenters. The molecule has 1 amide bonds. The van der Waals surface area contributed by atoms with Crippen molar-refractivity contribution < 1.29 is 19.2 Å². The number of nitrogens with one attached hydrogen (secondary N) is 2. The molecule has 216 valence electrons. The van der Waals surface area contributed by atoms with Crippen molar-refractivity contribution in [2.75, 3.05) is 19.0 Å². The fourth-order valence-electron chi connectivity index (χ4n) is 4.40. The van der Waals surface area contributed by atoms with E-state index in [1.165, 1.54) is 30.5 Å². The quantitative estimate of drug-likeness (QED) is 0.0573. The second-order valence-electron chi connectivity index (χ2n) is 9.56. The van der Waals surface area contributed by atoms with Gasteiger partial charge in [-0.3, -0.25) is 14.9 Å². The normalized spacial score (nSPS) is 11.1. The van der Waals surface area contributed by atoms with Crippen LogP contribution in [0.5, 0.6) is 5.75 Å². The van der Waals surface area contributed by atoms with E-state index >= 15 is 0 Å². The van der Waals surface area contributed by atoms with E-state index in [4.69, 9.17) is 4.74 Å². The molecular weight excluding hydrogens is 682 g/mol. The summed E-state index contributed by atoms with van der Waals surface area (Å²) < 4.78 is 6.73. The number of nitrogens with zero attached hydrogens (tertiary/aromatic N) is 3. The second kappa shape index (κ2) is 12.6. The van der Waals surface area contributed by atoms with Crippen molar-refractivity contribution in [3.05, 3.63) is 121 Å². The van der Waals surface area contributed by atoms with Gasteiger partial charge in [0.05, 0.1) is 21.2 Å². The van der Waals surface area contributed by atoms with E-state index < -0.39 is 16.8 Å². The predicted molar refractivity (Wildman–Crippen MR) is 173 cm³/mol. The molecule has 0 spiro atoms. The van der Waals surface area contributed by atoms with Crippen molar-refractivity contribution in [2.45, 2.75) is 0 Å². The van der Waals surface area contributed by atoms with E-state index in [0.29, 0.717) is 20.2 Å².